The first-order valence-electron chi connectivity index (χ1n) is 12.8. The van der Waals surface area contributed by atoms with Crippen LogP contribution in [-0.2, 0) is 6.18 Å². The average Bonchev–Trinajstić information content (AvgIpc) is 3.37. The number of fused-ring (bicyclic) bond motifs is 1. The molecule has 4 aromatic carbocycles. The normalized spacial score (nSPS) is 11.6. The number of hydrogen-bond donors (Lipinski definition) is 2. The lowest BCUT2D eigenvalue weighted by atomic mass is 10.00. The van der Waals surface area contributed by atoms with E-state index in [1.807, 2.05) is 6.92 Å². The Kier molecular flexibility index (Phi) is 8.22. The van der Waals surface area contributed by atoms with Crippen molar-refractivity contribution in [2.45, 2.75) is 13.1 Å². The smallest absolute Gasteiger partial charge is 0.418 e. The number of hydrogen-bond acceptors (Lipinski definition) is 5. The van der Waals surface area contributed by atoms with Gasteiger partial charge in [-0.05, 0) is 55.0 Å². The van der Waals surface area contributed by atoms with Crippen molar-refractivity contribution in [2.75, 3.05) is 7.11 Å². The Bertz CT molecular complexity index is 1860. The molecule has 43 heavy (non-hydrogen) atoms. The molecule has 0 unspecified atom stereocenters. The zero-order valence-electron chi connectivity index (χ0n) is 22.8. The van der Waals surface area contributed by atoms with Gasteiger partial charge >= 0.3 is 12.1 Å². The molecule has 5 rings (SSSR count). The first kappa shape index (κ1) is 29.4. The first-order chi connectivity index (χ1) is 20.6. The van der Waals surface area contributed by atoms with E-state index in [9.17, 15) is 22.8 Å². The minimum Gasteiger partial charge on any atom is -0.493 e. The number of alkyl halides is 3. The van der Waals surface area contributed by atoms with Crippen LogP contribution in [0.2, 0.25) is 5.02 Å². The maximum atomic E-state index is 13.8. The zero-order chi connectivity index (χ0) is 30.7. The summed E-state index contributed by atoms with van der Waals surface area (Å²) >= 11 is 6.38. The van der Waals surface area contributed by atoms with E-state index in [2.05, 4.69) is 15.5 Å². The van der Waals surface area contributed by atoms with Crippen molar-refractivity contribution in [3.8, 4) is 22.6 Å². The second-order valence-corrected chi connectivity index (χ2v) is 9.85. The fourth-order valence-electron chi connectivity index (χ4n) is 4.49. The van der Waals surface area contributed by atoms with Crippen molar-refractivity contribution in [3.63, 3.8) is 0 Å². The van der Waals surface area contributed by atoms with Crippen molar-refractivity contribution in [1.29, 1.82) is 0 Å². The van der Waals surface area contributed by atoms with Crippen LogP contribution in [0.15, 0.2) is 90.0 Å². The number of halogens is 4. The number of carbonyl (C=O) groups is 2. The molecule has 0 saturated carbocycles. The maximum absolute atomic E-state index is 13.8. The van der Waals surface area contributed by atoms with Crippen LogP contribution in [-0.4, -0.2) is 30.2 Å². The van der Waals surface area contributed by atoms with Gasteiger partial charge in [-0.2, -0.15) is 18.3 Å². The van der Waals surface area contributed by atoms with Crippen molar-refractivity contribution < 1.29 is 32.2 Å². The molecule has 218 valence electrons. The van der Waals surface area contributed by atoms with Crippen LogP contribution >= 0.6 is 11.6 Å². The van der Waals surface area contributed by atoms with Crippen molar-refractivity contribution in [2.24, 2.45) is 5.10 Å². The standard InChI is InChI=1S/C32H23ClF3N3O4/c1-18-10-13-20(14-11-18)31(41)43-25-15-12-19(16-26(25)42-2)17-37-39-30(40)29-27(21-6-3-4-9-24(21)33)22-7-5-8-23(28(22)38-29)32(34,35)36/h3-17,38H,1-2H3,(H,39,40). The molecule has 0 aliphatic heterocycles. The number of nitrogens with one attached hydrogen (secondary N) is 2. The molecular weight excluding hydrogens is 583 g/mol. The molecule has 0 spiro atoms. The minimum atomic E-state index is -4.66. The number of ether oxygens (including phenoxy) is 2. The zero-order valence-corrected chi connectivity index (χ0v) is 23.5. The van der Waals surface area contributed by atoms with E-state index in [-0.39, 0.29) is 38.7 Å². The summed E-state index contributed by atoms with van der Waals surface area (Å²) in [6.45, 7) is 1.91. The van der Waals surface area contributed by atoms with Crippen LogP contribution in [0.4, 0.5) is 13.2 Å². The van der Waals surface area contributed by atoms with Crippen LogP contribution < -0.4 is 14.9 Å². The molecule has 7 nitrogen and oxygen atoms in total. The van der Waals surface area contributed by atoms with Gasteiger partial charge < -0.3 is 14.5 Å². The van der Waals surface area contributed by atoms with Gasteiger partial charge in [-0.15, -0.1) is 0 Å². The van der Waals surface area contributed by atoms with Crippen LogP contribution in [0, 0.1) is 6.92 Å². The lowest BCUT2D eigenvalue weighted by molar-refractivity contribution is -0.136. The number of aryl methyl sites for hydroxylation is 1. The monoisotopic (exact) mass is 605 g/mol. The van der Waals surface area contributed by atoms with Crippen molar-refractivity contribution in [3.05, 3.63) is 118 Å². The summed E-state index contributed by atoms with van der Waals surface area (Å²) in [5, 5.41) is 4.41. The van der Waals surface area contributed by atoms with Crippen LogP contribution in [0.5, 0.6) is 11.5 Å². The van der Waals surface area contributed by atoms with Gasteiger partial charge in [0.1, 0.15) is 5.69 Å². The van der Waals surface area contributed by atoms with E-state index in [1.54, 1.807) is 60.7 Å². The predicted molar refractivity (Wildman–Crippen MR) is 158 cm³/mol. The lowest BCUT2D eigenvalue weighted by Crippen LogP contribution is -2.19. The van der Waals surface area contributed by atoms with Gasteiger partial charge in [-0.3, -0.25) is 4.79 Å². The molecule has 2 N–H and O–H groups in total. The molecule has 0 bridgehead atoms. The Morgan fingerprint density at radius 1 is 0.953 bits per heavy atom. The van der Waals surface area contributed by atoms with Crippen molar-refractivity contribution >= 4 is 40.6 Å². The second-order valence-electron chi connectivity index (χ2n) is 9.45. The number of rotatable bonds is 7. The number of para-hydroxylation sites is 1. The summed E-state index contributed by atoms with van der Waals surface area (Å²) in [5.74, 6) is -0.927. The Labute approximate surface area is 248 Å². The Morgan fingerprint density at radius 3 is 2.40 bits per heavy atom. The highest BCUT2D eigenvalue weighted by molar-refractivity contribution is 6.34. The number of benzene rings is 4. The molecule has 0 saturated heterocycles. The number of carbonyl (C=O) groups excluding carboxylic acids is 2. The largest absolute Gasteiger partial charge is 0.493 e. The Balaban J connectivity index is 1.41. The van der Waals surface area contributed by atoms with Crippen LogP contribution in [0.25, 0.3) is 22.0 Å². The molecule has 0 radical (unpaired) electrons. The summed E-state index contributed by atoms with van der Waals surface area (Å²) in [5.41, 5.74) is 3.48. The van der Waals surface area contributed by atoms with Gasteiger partial charge in [-0.1, -0.05) is 59.6 Å². The van der Waals surface area contributed by atoms with Crippen LogP contribution in [0.3, 0.4) is 0 Å². The summed E-state index contributed by atoms with van der Waals surface area (Å²) < 4.78 is 52.2. The highest BCUT2D eigenvalue weighted by Gasteiger charge is 2.35. The van der Waals surface area contributed by atoms with Gasteiger partial charge in [0.15, 0.2) is 11.5 Å². The highest BCUT2D eigenvalue weighted by Crippen LogP contribution is 2.41. The van der Waals surface area contributed by atoms with E-state index in [0.29, 0.717) is 16.7 Å². The molecule has 11 heteroatoms. The summed E-state index contributed by atoms with van der Waals surface area (Å²) in [6, 6.07) is 21.8. The number of esters is 1. The van der Waals surface area contributed by atoms with Gasteiger partial charge in [0.2, 0.25) is 0 Å². The lowest BCUT2D eigenvalue weighted by Gasteiger charge is -2.10. The highest BCUT2D eigenvalue weighted by atomic mass is 35.5. The minimum absolute atomic E-state index is 0.145. The molecule has 0 aliphatic carbocycles. The molecule has 0 fully saturated rings. The predicted octanol–water partition coefficient (Wildman–Crippen LogP) is 7.81. The molecule has 0 aliphatic rings. The molecule has 5 aromatic rings. The first-order valence-corrected chi connectivity index (χ1v) is 13.2. The molecule has 0 atom stereocenters. The Hall–Kier alpha value is -5.09. The van der Waals surface area contributed by atoms with Gasteiger partial charge in [0.05, 0.1) is 30.0 Å². The second kappa shape index (κ2) is 12.0. The molecular formula is C32H23ClF3N3O4. The number of aromatic nitrogens is 1. The summed E-state index contributed by atoms with van der Waals surface area (Å²) in [7, 11) is 1.41. The molecule has 1 amide bonds. The number of H-pyrrole nitrogens is 1. The van der Waals surface area contributed by atoms with E-state index in [4.69, 9.17) is 21.1 Å². The van der Waals surface area contributed by atoms with Crippen molar-refractivity contribution in [1.82, 2.24) is 10.4 Å². The quantitative estimate of drug-likeness (QED) is 0.0856. The maximum Gasteiger partial charge on any atom is 0.418 e. The third-order valence-corrected chi connectivity index (χ3v) is 6.90. The van der Waals surface area contributed by atoms with E-state index < -0.39 is 23.6 Å². The van der Waals surface area contributed by atoms with Gasteiger partial charge in [0.25, 0.3) is 5.91 Å². The molecule has 1 aromatic heterocycles. The third kappa shape index (κ3) is 6.24. The average molecular weight is 606 g/mol. The Morgan fingerprint density at radius 2 is 1.70 bits per heavy atom. The fraction of sp³-hybridized carbons (Fsp3) is 0.0938. The summed E-state index contributed by atoms with van der Waals surface area (Å²) in [6.07, 6.45) is -3.35. The van der Waals surface area contributed by atoms with Gasteiger partial charge in [-0.25, -0.2) is 10.2 Å². The number of methoxy groups -OCH3 is 1. The number of aromatic amines is 1. The molecule has 1 heterocycles. The fourth-order valence-corrected chi connectivity index (χ4v) is 4.72. The third-order valence-electron chi connectivity index (χ3n) is 6.57. The van der Waals surface area contributed by atoms with Gasteiger partial charge in [0, 0.05) is 21.5 Å². The summed E-state index contributed by atoms with van der Waals surface area (Å²) in [4.78, 5) is 28.4. The SMILES string of the molecule is COc1cc(C=NNC(=O)c2[nH]c3c(C(F)(F)F)cccc3c2-c2ccccc2Cl)ccc1OC(=O)c1ccc(C)cc1. The number of nitrogens with zero attached hydrogens (tertiary/aromatic N) is 1. The number of amides is 1. The number of hydrazone groups is 1. The van der Waals surface area contributed by atoms with E-state index in [0.717, 1.165) is 11.6 Å². The topological polar surface area (TPSA) is 92.8 Å². The van der Waals surface area contributed by atoms with Crippen LogP contribution in [0.1, 0.15) is 37.5 Å². The van der Waals surface area contributed by atoms with E-state index >= 15 is 0 Å². The van der Waals surface area contributed by atoms with E-state index in [1.165, 1.54) is 31.5 Å².